The Kier molecular flexibility index (Phi) is 6.08. The molecule has 1 heterocycles. The monoisotopic (exact) mass is 401 g/mol. The average Bonchev–Trinajstić information content (AvgIpc) is 2.87. The normalized spacial score (nSPS) is 10.8. The highest BCUT2D eigenvalue weighted by Gasteiger charge is 2.17. The van der Waals surface area contributed by atoms with Crippen LogP contribution in [0.5, 0.6) is 0 Å². The molecule has 27 heavy (non-hydrogen) atoms. The van der Waals surface area contributed by atoms with E-state index in [1.165, 1.54) is 11.8 Å². The Hall–Kier alpha value is -2.44. The quantitative estimate of drug-likeness (QED) is 0.679. The first-order valence-corrected chi connectivity index (χ1v) is 9.96. The van der Waals surface area contributed by atoms with Crippen LogP contribution in [0.3, 0.4) is 0 Å². The zero-order chi connectivity index (χ0) is 19.4. The van der Waals surface area contributed by atoms with Gasteiger partial charge in [-0.3, -0.25) is 14.3 Å². The number of nitrogens with zero attached hydrogens (tertiary/aromatic N) is 2. The molecule has 3 aromatic rings. The molecule has 0 aliphatic rings. The summed E-state index contributed by atoms with van der Waals surface area (Å²) in [6.07, 6.45) is 0. The summed E-state index contributed by atoms with van der Waals surface area (Å²) in [6.45, 7) is 1.82. The van der Waals surface area contributed by atoms with Crippen molar-refractivity contribution >= 4 is 35.0 Å². The first kappa shape index (κ1) is 19.3. The molecule has 0 atom stereocenters. The second kappa shape index (κ2) is 8.50. The number of benzene rings is 2. The van der Waals surface area contributed by atoms with Gasteiger partial charge < -0.3 is 5.32 Å². The third-order valence-corrected chi connectivity index (χ3v) is 5.49. The second-order valence-electron chi connectivity index (χ2n) is 6.10. The zero-order valence-electron chi connectivity index (χ0n) is 15.1. The number of aromatic nitrogens is 2. The molecule has 140 valence electrons. The maximum Gasteiger partial charge on any atom is 0.295 e. The van der Waals surface area contributed by atoms with Gasteiger partial charge in [0.05, 0.1) is 17.1 Å². The molecular weight excluding hydrogens is 382 g/mol. The van der Waals surface area contributed by atoms with Crippen molar-refractivity contribution < 1.29 is 4.79 Å². The molecule has 0 unspecified atom stereocenters. The predicted octanol–water partition coefficient (Wildman–Crippen LogP) is 4.01. The van der Waals surface area contributed by atoms with Crippen LogP contribution in [0.2, 0.25) is 5.02 Å². The Bertz CT molecular complexity index is 995. The lowest BCUT2D eigenvalue weighted by atomic mass is 10.2. The fraction of sp³-hybridized carbons (Fsp3) is 0.200. The minimum absolute atomic E-state index is 0.194. The number of hydrogen-bond acceptors (Lipinski definition) is 3. The molecule has 0 aliphatic carbocycles. The highest BCUT2D eigenvalue weighted by molar-refractivity contribution is 7.99. The van der Waals surface area contributed by atoms with E-state index in [0.29, 0.717) is 22.2 Å². The largest absolute Gasteiger partial charge is 0.319 e. The Labute approximate surface area is 166 Å². The van der Waals surface area contributed by atoms with E-state index < -0.39 is 0 Å². The van der Waals surface area contributed by atoms with Gasteiger partial charge in [-0.2, -0.15) is 0 Å². The summed E-state index contributed by atoms with van der Waals surface area (Å²) >= 11 is 7.36. The van der Waals surface area contributed by atoms with Gasteiger partial charge in [0, 0.05) is 17.8 Å². The lowest BCUT2D eigenvalue weighted by Crippen LogP contribution is -2.23. The minimum atomic E-state index is -0.239. The summed E-state index contributed by atoms with van der Waals surface area (Å²) in [5, 5.41) is 3.46. The molecule has 5 nitrogen and oxygen atoms in total. The second-order valence-corrected chi connectivity index (χ2v) is 7.53. The molecule has 3 rings (SSSR count). The van der Waals surface area contributed by atoms with E-state index in [0.717, 1.165) is 11.3 Å². The van der Waals surface area contributed by atoms with Gasteiger partial charge in [-0.1, -0.05) is 41.9 Å². The number of carbonyl (C=O) groups is 1. The summed E-state index contributed by atoms with van der Waals surface area (Å²) in [7, 11) is 1.80. The summed E-state index contributed by atoms with van der Waals surface area (Å²) in [4.78, 5) is 25.1. The van der Waals surface area contributed by atoms with Crippen LogP contribution in [0.25, 0.3) is 5.69 Å². The van der Waals surface area contributed by atoms with Gasteiger partial charge in [0.2, 0.25) is 5.91 Å². The average molecular weight is 402 g/mol. The van der Waals surface area contributed by atoms with Gasteiger partial charge in [0.1, 0.15) is 5.69 Å². The minimum Gasteiger partial charge on any atom is -0.319 e. The Balaban J connectivity index is 1.67. The SMILES string of the molecule is Cc1c(NC(=O)CSCc2ccc(Cl)cc2)c(=O)n(-c2ccccc2)n1C. The van der Waals surface area contributed by atoms with Crippen molar-refractivity contribution in [2.45, 2.75) is 12.7 Å². The molecule has 2 aromatic carbocycles. The van der Waals surface area contributed by atoms with Crippen LogP contribution < -0.4 is 10.9 Å². The fourth-order valence-electron chi connectivity index (χ4n) is 2.73. The summed E-state index contributed by atoms with van der Waals surface area (Å²) in [5.41, 5.74) is 2.64. The van der Waals surface area contributed by atoms with Crippen molar-refractivity contribution in [2.75, 3.05) is 11.1 Å². The molecule has 0 bridgehead atoms. The molecule has 1 amide bonds. The number of thioether (sulfide) groups is 1. The summed E-state index contributed by atoms with van der Waals surface area (Å²) < 4.78 is 3.29. The molecule has 0 fully saturated rings. The van der Waals surface area contributed by atoms with E-state index in [1.807, 2.05) is 61.5 Å². The van der Waals surface area contributed by atoms with Crippen LogP contribution in [0.4, 0.5) is 5.69 Å². The first-order chi connectivity index (χ1) is 13.0. The number of nitrogens with one attached hydrogen (secondary N) is 1. The van der Waals surface area contributed by atoms with Gasteiger partial charge in [0.15, 0.2) is 0 Å². The molecular formula is C20H20ClN3O2S. The third kappa shape index (κ3) is 4.46. The molecule has 0 radical (unpaired) electrons. The Morgan fingerprint density at radius 1 is 1.11 bits per heavy atom. The molecule has 1 aromatic heterocycles. The highest BCUT2D eigenvalue weighted by Crippen LogP contribution is 2.17. The van der Waals surface area contributed by atoms with Crippen molar-refractivity contribution in [3.63, 3.8) is 0 Å². The van der Waals surface area contributed by atoms with Crippen LogP contribution in [-0.2, 0) is 17.6 Å². The Morgan fingerprint density at radius 3 is 2.44 bits per heavy atom. The molecule has 0 spiro atoms. The third-order valence-electron chi connectivity index (χ3n) is 4.23. The smallest absolute Gasteiger partial charge is 0.295 e. The van der Waals surface area contributed by atoms with Crippen LogP contribution in [0.15, 0.2) is 59.4 Å². The number of amides is 1. The highest BCUT2D eigenvalue weighted by atomic mass is 35.5. The van der Waals surface area contributed by atoms with E-state index >= 15 is 0 Å². The molecule has 7 heteroatoms. The topological polar surface area (TPSA) is 56.0 Å². The van der Waals surface area contributed by atoms with Gasteiger partial charge >= 0.3 is 0 Å². The zero-order valence-corrected chi connectivity index (χ0v) is 16.7. The molecule has 0 aliphatic heterocycles. The van der Waals surface area contributed by atoms with Gasteiger partial charge in [-0.25, -0.2) is 4.68 Å². The van der Waals surface area contributed by atoms with Crippen molar-refractivity contribution in [2.24, 2.45) is 7.05 Å². The van der Waals surface area contributed by atoms with E-state index in [-0.39, 0.29) is 17.2 Å². The maximum atomic E-state index is 12.8. The van der Waals surface area contributed by atoms with Gasteiger partial charge in [-0.15, -0.1) is 11.8 Å². The number of anilines is 1. The lowest BCUT2D eigenvalue weighted by molar-refractivity contribution is -0.113. The van der Waals surface area contributed by atoms with E-state index in [4.69, 9.17) is 11.6 Å². The molecule has 0 saturated heterocycles. The van der Waals surface area contributed by atoms with Crippen LogP contribution in [0, 0.1) is 6.92 Å². The fourth-order valence-corrected chi connectivity index (χ4v) is 3.64. The van der Waals surface area contributed by atoms with E-state index in [2.05, 4.69) is 5.32 Å². The van der Waals surface area contributed by atoms with Crippen LogP contribution in [-0.4, -0.2) is 21.0 Å². The Morgan fingerprint density at radius 2 is 1.78 bits per heavy atom. The molecule has 1 N–H and O–H groups in total. The van der Waals surface area contributed by atoms with E-state index in [9.17, 15) is 9.59 Å². The predicted molar refractivity (Wildman–Crippen MR) is 112 cm³/mol. The van der Waals surface area contributed by atoms with Crippen molar-refractivity contribution in [1.29, 1.82) is 0 Å². The number of para-hydroxylation sites is 1. The summed E-state index contributed by atoms with van der Waals surface area (Å²) in [6, 6.07) is 16.9. The van der Waals surface area contributed by atoms with E-state index in [1.54, 1.807) is 16.4 Å². The standard InChI is InChI=1S/C20H20ClN3O2S/c1-14-19(20(26)24(23(14)2)17-6-4-3-5-7-17)22-18(25)13-27-12-15-8-10-16(21)11-9-15/h3-11H,12-13H2,1-2H3,(H,22,25). The maximum absolute atomic E-state index is 12.8. The van der Waals surface area contributed by atoms with Crippen molar-refractivity contribution in [3.05, 3.63) is 81.2 Å². The number of halogens is 1. The van der Waals surface area contributed by atoms with Crippen molar-refractivity contribution in [3.8, 4) is 5.69 Å². The van der Waals surface area contributed by atoms with Crippen molar-refractivity contribution in [1.82, 2.24) is 9.36 Å². The number of carbonyl (C=O) groups excluding carboxylic acids is 1. The summed E-state index contributed by atoms with van der Waals surface area (Å²) in [5.74, 6) is 0.772. The van der Waals surface area contributed by atoms with Crippen LogP contribution in [0.1, 0.15) is 11.3 Å². The van der Waals surface area contributed by atoms with Gasteiger partial charge in [-0.05, 0) is 36.8 Å². The number of hydrogen-bond donors (Lipinski definition) is 1. The lowest BCUT2D eigenvalue weighted by Gasteiger charge is -2.07. The molecule has 0 saturated carbocycles. The van der Waals surface area contributed by atoms with Crippen LogP contribution >= 0.6 is 23.4 Å². The van der Waals surface area contributed by atoms with Gasteiger partial charge in [0.25, 0.3) is 5.56 Å². The number of rotatable bonds is 6. The first-order valence-electron chi connectivity index (χ1n) is 8.43.